The van der Waals surface area contributed by atoms with Gasteiger partial charge in [-0.1, -0.05) is 12.1 Å². The van der Waals surface area contributed by atoms with Crippen LogP contribution in [-0.2, 0) is 16.1 Å². The zero-order valence-corrected chi connectivity index (χ0v) is 14.3. The molecule has 3 heterocycles. The van der Waals surface area contributed by atoms with E-state index in [9.17, 15) is 0 Å². The summed E-state index contributed by atoms with van der Waals surface area (Å²) in [5.41, 5.74) is 0.808. The van der Waals surface area contributed by atoms with E-state index in [2.05, 4.69) is 26.9 Å². The Bertz CT molecular complexity index is 623. The molecule has 1 atom stereocenters. The minimum absolute atomic E-state index is 0.311. The van der Waals surface area contributed by atoms with E-state index >= 15 is 0 Å². The fourth-order valence-corrected chi connectivity index (χ4v) is 2.86. The number of hydrogen-bond acceptors (Lipinski definition) is 7. The second-order valence-electron chi connectivity index (χ2n) is 5.93. The van der Waals surface area contributed by atoms with Gasteiger partial charge in [0.25, 0.3) is 5.89 Å². The first-order valence-electron chi connectivity index (χ1n) is 8.44. The van der Waals surface area contributed by atoms with Gasteiger partial charge in [0.2, 0.25) is 0 Å². The number of ether oxygens (including phenoxy) is 2. The summed E-state index contributed by atoms with van der Waals surface area (Å²) < 4.78 is 16.0. The Morgan fingerprint density at radius 1 is 1.38 bits per heavy atom. The molecule has 0 aliphatic carbocycles. The van der Waals surface area contributed by atoms with Gasteiger partial charge in [-0.2, -0.15) is 4.98 Å². The Kier molecular flexibility index (Phi) is 5.77. The van der Waals surface area contributed by atoms with Gasteiger partial charge in [-0.25, -0.2) is 4.98 Å². The Hall–Kier alpha value is -1.99. The largest absolute Gasteiger partial charge is 0.377 e. The predicted molar refractivity (Wildman–Crippen MR) is 89.7 cm³/mol. The Morgan fingerprint density at radius 2 is 2.29 bits per heavy atom. The van der Waals surface area contributed by atoms with Crippen molar-refractivity contribution in [1.82, 2.24) is 15.1 Å². The average molecular weight is 332 g/mol. The van der Waals surface area contributed by atoms with Crippen molar-refractivity contribution in [3.8, 4) is 11.5 Å². The van der Waals surface area contributed by atoms with Gasteiger partial charge in [0.1, 0.15) is 12.4 Å². The topological polar surface area (TPSA) is 73.5 Å². The molecule has 0 amide bonds. The maximum Gasteiger partial charge on any atom is 0.259 e. The highest BCUT2D eigenvalue weighted by Crippen LogP contribution is 2.22. The third-order valence-electron chi connectivity index (χ3n) is 4.00. The lowest BCUT2D eigenvalue weighted by Crippen LogP contribution is -2.33. The highest BCUT2D eigenvalue weighted by molar-refractivity contribution is 5.54. The van der Waals surface area contributed by atoms with Crippen LogP contribution in [0.2, 0.25) is 0 Å². The Morgan fingerprint density at radius 3 is 2.96 bits per heavy atom. The van der Waals surface area contributed by atoms with Crippen LogP contribution >= 0.6 is 0 Å². The minimum atomic E-state index is 0.311. The minimum Gasteiger partial charge on any atom is -0.377 e. The maximum atomic E-state index is 5.76. The Labute approximate surface area is 142 Å². The molecule has 0 saturated carbocycles. The predicted octanol–water partition coefficient (Wildman–Crippen LogP) is 2.67. The van der Waals surface area contributed by atoms with Crippen molar-refractivity contribution < 1.29 is 14.0 Å². The normalized spacial score (nSPS) is 17.3. The van der Waals surface area contributed by atoms with Crippen LogP contribution in [0.5, 0.6) is 0 Å². The molecule has 0 radical (unpaired) electrons. The summed E-state index contributed by atoms with van der Waals surface area (Å²) in [6.07, 6.45) is 5.43. The van der Waals surface area contributed by atoms with E-state index < -0.39 is 0 Å². The molecule has 0 spiro atoms. The number of hydrogen-bond donors (Lipinski definition) is 0. The van der Waals surface area contributed by atoms with Crippen LogP contribution in [0.3, 0.4) is 0 Å². The van der Waals surface area contributed by atoms with Gasteiger partial charge in [0, 0.05) is 33.0 Å². The van der Waals surface area contributed by atoms with E-state index in [0.29, 0.717) is 24.4 Å². The van der Waals surface area contributed by atoms with Crippen LogP contribution in [0, 0.1) is 0 Å². The average Bonchev–Trinajstić information content (AvgIpc) is 3.27. The van der Waals surface area contributed by atoms with E-state index in [-0.39, 0.29) is 0 Å². The molecule has 0 N–H and O–H groups in total. The highest BCUT2D eigenvalue weighted by Gasteiger charge is 2.20. The summed E-state index contributed by atoms with van der Waals surface area (Å²) in [4.78, 5) is 11.2. The van der Waals surface area contributed by atoms with Crippen LogP contribution < -0.4 is 4.90 Å². The molecule has 2 aromatic rings. The van der Waals surface area contributed by atoms with E-state index in [0.717, 1.165) is 50.3 Å². The fourth-order valence-electron chi connectivity index (χ4n) is 2.86. The fraction of sp³-hybridized carbons (Fsp3) is 0.588. The molecule has 0 bridgehead atoms. The number of aromatic nitrogens is 3. The van der Waals surface area contributed by atoms with Gasteiger partial charge in [-0.15, -0.1) is 0 Å². The molecular formula is C17H24N4O3. The zero-order valence-electron chi connectivity index (χ0n) is 14.3. The molecule has 1 saturated heterocycles. The molecule has 1 aliphatic heterocycles. The van der Waals surface area contributed by atoms with Gasteiger partial charge in [-0.05, 0) is 31.4 Å². The zero-order chi connectivity index (χ0) is 16.8. The summed E-state index contributed by atoms with van der Waals surface area (Å²) in [5, 5.41) is 3.87. The maximum absolute atomic E-state index is 5.76. The molecule has 0 unspecified atom stereocenters. The van der Waals surface area contributed by atoms with Gasteiger partial charge in [0.15, 0.2) is 5.82 Å². The first-order chi connectivity index (χ1) is 11.8. The first kappa shape index (κ1) is 16.9. The van der Waals surface area contributed by atoms with Crippen LogP contribution in [0.4, 0.5) is 5.82 Å². The molecule has 7 heteroatoms. The number of methoxy groups -OCH3 is 1. The van der Waals surface area contributed by atoms with E-state index in [1.165, 1.54) is 0 Å². The second kappa shape index (κ2) is 8.21. The lowest BCUT2D eigenvalue weighted by Gasteiger charge is -2.26. The van der Waals surface area contributed by atoms with Gasteiger partial charge in [-0.3, -0.25) is 0 Å². The number of rotatable bonds is 8. The van der Waals surface area contributed by atoms with E-state index in [4.69, 9.17) is 14.0 Å². The van der Waals surface area contributed by atoms with Gasteiger partial charge >= 0.3 is 0 Å². The standard InChI is InChI=1S/C17H24N4O3/c1-3-8-21(11-14-5-4-9-23-14)16-7-6-13(10-18-16)17-19-15(12-22-2)20-24-17/h6-7,10,14H,3-5,8-9,11-12H2,1-2H3/t14-/m1/s1. The van der Waals surface area contributed by atoms with Crippen molar-refractivity contribution in [3.05, 3.63) is 24.2 Å². The molecule has 24 heavy (non-hydrogen) atoms. The smallest absolute Gasteiger partial charge is 0.259 e. The van der Waals surface area contributed by atoms with Gasteiger partial charge < -0.3 is 18.9 Å². The summed E-state index contributed by atoms with van der Waals surface area (Å²) in [7, 11) is 1.60. The second-order valence-corrected chi connectivity index (χ2v) is 5.93. The molecule has 130 valence electrons. The van der Waals surface area contributed by atoms with Crippen molar-refractivity contribution in [2.75, 3.05) is 31.7 Å². The van der Waals surface area contributed by atoms with Crippen LogP contribution in [0.1, 0.15) is 32.0 Å². The molecule has 7 nitrogen and oxygen atoms in total. The number of anilines is 1. The monoisotopic (exact) mass is 332 g/mol. The third-order valence-corrected chi connectivity index (χ3v) is 4.00. The summed E-state index contributed by atoms with van der Waals surface area (Å²) in [6.45, 7) is 5.23. The molecule has 3 rings (SSSR count). The van der Waals surface area contributed by atoms with Crippen LogP contribution in [0.25, 0.3) is 11.5 Å². The van der Waals surface area contributed by atoms with Crippen LogP contribution in [-0.4, -0.2) is 48.0 Å². The van der Waals surface area contributed by atoms with E-state index in [1.54, 1.807) is 13.3 Å². The summed E-state index contributed by atoms with van der Waals surface area (Å²) in [5.74, 6) is 1.94. The molecular weight excluding hydrogens is 308 g/mol. The lowest BCUT2D eigenvalue weighted by atomic mass is 10.2. The van der Waals surface area contributed by atoms with Crippen molar-refractivity contribution in [2.45, 2.75) is 38.9 Å². The molecule has 0 aromatic carbocycles. The van der Waals surface area contributed by atoms with Crippen molar-refractivity contribution in [2.24, 2.45) is 0 Å². The number of pyridine rings is 1. The molecule has 1 fully saturated rings. The SMILES string of the molecule is CCCN(C[C@H]1CCCO1)c1ccc(-c2nc(COC)no2)cn1. The van der Waals surface area contributed by atoms with Crippen molar-refractivity contribution in [3.63, 3.8) is 0 Å². The quantitative estimate of drug-likeness (QED) is 0.735. The van der Waals surface area contributed by atoms with E-state index in [1.807, 2.05) is 12.1 Å². The molecule has 2 aromatic heterocycles. The first-order valence-corrected chi connectivity index (χ1v) is 8.44. The lowest BCUT2D eigenvalue weighted by molar-refractivity contribution is 0.115. The molecule has 1 aliphatic rings. The third kappa shape index (κ3) is 4.10. The van der Waals surface area contributed by atoms with Crippen LogP contribution in [0.15, 0.2) is 22.9 Å². The highest BCUT2D eigenvalue weighted by atomic mass is 16.5. The Balaban J connectivity index is 1.70. The van der Waals surface area contributed by atoms with Gasteiger partial charge in [0.05, 0.1) is 11.7 Å². The summed E-state index contributed by atoms with van der Waals surface area (Å²) in [6, 6.07) is 3.96. The van der Waals surface area contributed by atoms with Crippen molar-refractivity contribution in [1.29, 1.82) is 0 Å². The van der Waals surface area contributed by atoms with Crippen molar-refractivity contribution >= 4 is 5.82 Å². The summed E-state index contributed by atoms with van der Waals surface area (Å²) >= 11 is 0. The number of nitrogens with zero attached hydrogens (tertiary/aromatic N) is 4.